The number of nitrogens with one attached hydrogen (secondary N) is 1. The molecule has 2 aliphatic rings. The molecule has 5 nitrogen and oxygen atoms in total. The molecule has 1 fully saturated rings. The molecule has 2 aromatic rings. The predicted octanol–water partition coefficient (Wildman–Crippen LogP) is 4.87. The minimum absolute atomic E-state index is 0.180. The third-order valence-electron chi connectivity index (χ3n) is 5.38. The summed E-state index contributed by atoms with van der Waals surface area (Å²) in [5.41, 5.74) is 2.98. The number of hydrogen-bond donors (Lipinski definition) is 1. The molecule has 0 aliphatic carbocycles. The first-order valence-electron chi connectivity index (χ1n) is 9.85. The van der Waals surface area contributed by atoms with Crippen molar-refractivity contribution in [2.24, 2.45) is 0 Å². The first-order chi connectivity index (χ1) is 14.5. The van der Waals surface area contributed by atoms with Crippen LogP contribution < -0.4 is 10.2 Å². The number of halogens is 3. The van der Waals surface area contributed by atoms with E-state index in [0.29, 0.717) is 28.0 Å². The van der Waals surface area contributed by atoms with Gasteiger partial charge in [0.15, 0.2) is 0 Å². The summed E-state index contributed by atoms with van der Waals surface area (Å²) >= 11 is 12.7. The number of ether oxygens (including phenoxy) is 1. The summed E-state index contributed by atoms with van der Waals surface area (Å²) in [5.74, 6) is -0.650. The topological polar surface area (TPSA) is 44.8 Å². The van der Waals surface area contributed by atoms with Gasteiger partial charge in [-0.1, -0.05) is 23.2 Å². The van der Waals surface area contributed by atoms with Gasteiger partial charge in [0, 0.05) is 53.2 Å². The van der Waals surface area contributed by atoms with E-state index in [2.05, 4.69) is 15.1 Å². The second-order valence-corrected chi connectivity index (χ2v) is 8.06. The maximum absolute atomic E-state index is 13.2. The summed E-state index contributed by atoms with van der Waals surface area (Å²) in [6.45, 7) is 5.13. The van der Waals surface area contributed by atoms with E-state index in [-0.39, 0.29) is 11.9 Å². The third kappa shape index (κ3) is 4.26. The van der Waals surface area contributed by atoms with Crippen molar-refractivity contribution < 1.29 is 13.9 Å². The molecule has 30 heavy (non-hydrogen) atoms. The summed E-state index contributed by atoms with van der Waals surface area (Å²) in [6.07, 6.45) is 1.87. The number of piperazine rings is 1. The van der Waals surface area contributed by atoms with Crippen LogP contribution in [0.15, 0.2) is 48.2 Å². The van der Waals surface area contributed by atoms with E-state index in [4.69, 9.17) is 27.9 Å². The second kappa shape index (κ2) is 8.84. The molecule has 4 rings (SSSR count). The SMILES string of the molecule is CCOC(=O)C1=CC(N2CCN(c3ccc(F)cc3)CC2)c2c(Cl)cc(Cl)cc2N1. The van der Waals surface area contributed by atoms with Crippen LogP contribution in [0.2, 0.25) is 10.0 Å². The first kappa shape index (κ1) is 21.0. The van der Waals surface area contributed by atoms with Crippen LogP contribution in [0.25, 0.3) is 0 Å². The number of anilines is 2. The van der Waals surface area contributed by atoms with E-state index in [9.17, 15) is 9.18 Å². The fraction of sp³-hybridized carbons (Fsp3) is 0.318. The Kier molecular flexibility index (Phi) is 6.18. The lowest BCUT2D eigenvalue weighted by molar-refractivity contribution is -0.138. The fourth-order valence-corrected chi connectivity index (χ4v) is 4.55. The Hall–Kier alpha value is -2.28. The van der Waals surface area contributed by atoms with Crippen molar-refractivity contribution in [3.05, 3.63) is 69.6 Å². The lowest BCUT2D eigenvalue weighted by atomic mass is 9.97. The molecule has 0 bridgehead atoms. The van der Waals surface area contributed by atoms with Gasteiger partial charge in [0.1, 0.15) is 11.5 Å². The van der Waals surface area contributed by atoms with Crippen molar-refractivity contribution in [3.63, 3.8) is 0 Å². The number of rotatable bonds is 4. The third-order valence-corrected chi connectivity index (χ3v) is 5.91. The van der Waals surface area contributed by atoms with Crippen LogP contribution in [0.5, 0.6) is 0 Å². The largest absolute Gasteiger partial charge is 0.461 e. The zero-order valence-corrected chi connectivity index (χ0v) is 18.0. The van der Waals surface area contributed by atoms with Gasteiger partial charge in [-0.05, 0) is 49.4 Å². The molecule has 0 amide bonds. The lowest BCUT2D eigenvalue weighted by Crippen LogP contribution is -2.48. The Morgan fingerprint density at radius 3 is 2.53 bits per heavy atom. The van der Waals surface area contributed by atoms with Gasteiger partial charge in [0.25, 0.3) is 0 Å². The maximum Gasteiger partial charge on any atom is 0.354 e. The number of hydrogen-bond acceptors (Lipinski definition) is 5. The summed E-state index contributed by atoms with van der Waals surface area (Å²) in [4.78, 5) is 16.9. The van der Waals surface area contributed by atoms with E-state index in [0.717, 1.165) is 37.4 Å². The molecule has 0 spiro atoms. The number of carbonyl (C=O) groups excluding carboxylic acids is 1. The van der Waals surface area contributed by atoms with Gasteiger partial charge in [0.2, 0.25) is 0 Å². The normalized spacial score (nSPS) is 19.0. The van der Waals surface area contributed by atoms with Crippen LogP contribution in [-0.2, 0) is 9.53 Å². The van der Waals surface area contributed by atoms with E-state index < -0.39 is 5.97 Å². The molecule has 1 saturated heterocycles. The highest BCUT2D eigenvalue weighted by atomic mass is 35.5. The highest BCUT2D eigenvalue weighted by molar-refractivity contribution is 6.35. The smallest absolute Gasteiger partial charge is 0.354 e. The van der Waals surface area contributed by atoms with Crippen molar-refractivity contribution in [2.45, 2.75) is 13.0 Å². The van der Waals surface area contributed by atoms with Gasteiger partial charge in [-0.3, -0.25) is 4.90 Å². The molecule has 1 N–H and O–H groups in total. The molecule has 8 heteroatoms. The summed E-state index contributed by atoms with van der Waals surface area (Å²) in [6, 6.07) is 9.85. The number of benzene rings is 2. The monoisotopic (exact) mass is 449 g/mol. The zero-order valence-electron chi connectivity index (χ0n) is 16.5. The number of nitrogens with zero attached hydrogens (tertiary/aromatic N) is 2. The first-order valence-corrected chi connectivity index (χ1v) is 10.6. The Bertz CT molecular complexity index is 973. The second-order valence-electron chi connectivity index (χ2n) is 7.22. The van der Waals surface area contributed by atoms with Crippen molar-refractivity contribution >= 4 is 40.5 Å². The molecule has 0 radical (unpaired) electrons. The highest BCUT2D eigenvalue weighted by Crippen LogP contribution is 2.41. The molecule has 158 valence electrons. The van der Waals surface area contributed by atoms with Gasteiger partial charge in [-0.15, -0.1) is 0 Å². The molecule has 1 unspecified atom stereocenters. The standard InChI is InChI=1S/C22H22Cl2FN3O2/c1-2-30-22(29)19-13-20(21-17(24)11-14(23)12-18(21)26-19)28-9-7-27(8-10-28)16-5-3-15(25)4-6-16/h3-6,11-13,20,26H,2,7-10H2,1H3. The molecule has 1 atom stereocenters. The minimum atomic E-state index is -0.408. The van der Waals surface area contributed by atoms with Crippen LogP contribution in [0.3, 0.4) is 0 Å². The molecule has 2 heterocycles. The van der Waals surface area contributed by atoms with Crippen LogP contribution in [-0.4, -0.2) is 43.7 Å². The van der Waals surface area contributed by atoms with Crippen molar-refractivity contribution in [1.29, 1.82) is 0 Å². The van der Waals surface area contributed by atoms with Gasteiger partial charge >= 0.3 is 5.97 Å². The average molecular weight is 450 g/mol. The zero-order chi connectivity index (χ0) is 21.3. The summed E-state index contributed by atoms with van der Waals surface area (Å²) in [7, 11) is 0. The van der Waals surface area contributed by atoms with Gasteiger partial charge < -0.3 is 15.0 Å². The Balaban J connectivity index is 1.59. The van der Waals surface area contributed by atoms with Crippen molar-refractivity contribution in [1.82, 2.24) is 4.90 Å². The summed E-state index contributed by atoms with van der Waals surface area (Å²) < 4.78 is 18.4. The Labute approximate surface area is 185 Å². The van der Waals surface area contributed by atoms with E-state index in [1.165, 1.54) is 12.1 Å². The van der Waals surface area contributed by atoms with E-state index in [1.807, 2.05) is 6.08 Å². The Morgan fingerprint density at radius 2 is 1.87 bits per heavy atom. The van der Waals surface area contributed by atoms with Crippen molar-refractivity contribution in [3.8, 4) is 0 Å². The molecular weight excluding hydrogens is 428 g/mol. The average Bonchev–Trinajstić information content (AvgIpc) is 2.73. The quantitative estimate of drug-likeness (QED) is 0.674. The van der Waals surface area contributed by atoms with Crippen molar-refractivity contribution in [2.75, 3.05) is 43.0 Å². The fourth-order valence-electron chi connectivity index (χ4n) is 3.94. The van der Waals surface area contributed by atoms with Gasteiger partial charge in [-0.25, -0.2) is 9.18 Å². The van der Waals surface area contributed by atoms with Crippen LogP contribution >= 0.6 is 23.2 Å². The minimum Gasteiger partial charge on any atom is -0.461 e. The lowest BCUT2D eigenvalue weighted by Gasteiger charge is -2.41. The molecule has 0 aromatic heterocycles. The summed E-state index contributed by atoms with van der Waals surface area (Å²) in [5, 5.41) is 4.16. The number of esters is 1. The molecule has 2 aromatic carbocycles. The van der Waals surface area contributed by atoms with E-state index in [1.54, 1.807) is 31.2 Å². The predicted molar refractivity (Wildman–Crippen MR) is 118 cm³/mol. The molecular formula is C22H22Cl2FN3O2. The van der Waals surface area contributed by atoms with Crippen LogP contribution in [0, 0.1) is 5.82 Å². The maximum atomic E-state index is 13.2. The molecule has 0 saturated carbocycles. The van der Waals surface area contributed by atoms with Crippen LogP contribution in [0.4, 0.5) is 15.8 Å². The number of fused-ring (bicyclic) bond motifs is 1. The van der Waals surface area contributed by atoms with Gasteiger partial charge in [-0.2, -0.15) is 0 Å². The molecule has 2 aliphatic heterocycles. The highest BCUT2D eigenvalue weighted by Gasteiger charge is 2.32. The van der Waals surface area contributed by atoms with E-state index >= 15 is 0 Å². The Morgan fingerprint density at radius 1 is 1.17 bits per heavy atom. The van der Waals surface area contributed by atoms with Crippen LogP contribution in [0.1, 0.15) is 18.5 Å². The number of carbonyl (C=O) groups is 1. The van der Waals surface area contributed by atoms with Gasteiger partial charge in [0.05, 0.1) is 12.6 Å².